The van der Waals surface area contributed by atoms with Crippen LogP contribution in [0.2, 0.25) is 0 Å². The van der Waals surface area contributed by atoms with Gasteiger partial charge in [-0.15, -0.1) is 0 Å². The number of nitrogens with zero attached hydrogens (tertiary/aromatic N) is 2. The number of carbonyl (C=O) groups is 1. The van der Waals surface area contributed by atoms with Crippen molar-refractivity contribution in [2.24, 2.45) is 5.73 Å². The second-order valence-corrected chi connectivity index (χ2v) is 9.49. The summed E-state index contributed by atoms with van der Waals surface area (Å²) in [7, 11) is 0. The van der Waals surface area contributed by atoms with Crippen LogP contribution in [0.1, 0.15) is 55.4 Å². The molecule has 0 spiro atoms. The van der Waals surface area contributed by atoms with Crippen LogP contribution < -0.4 is 5.73 Å². The quantitative estimate of drug-likeness (QED) is 0.638. The van der Waals surface area contributed by atoms with Crippen molar-refractivity contribution in [2.45, 2.75) is 50.4 Å². The molecule has 1 amide bonds. The fourth-order valence-corrected chi connectivity index (χ4v) is 4.80. The molecule has 6 heteroatoms. The summed E-state index contributed by atoms with van der Waals surface area (Å²) in [6.45, 7) is 6.22. The lowest BCUT2D eigenvalue weighted by molar-refractivity contribution is -0.127. The normalized spacial score (nSPS) is 18.8. The maximum absolute atomic E-state index is 12.3. The topological polar surface area (TPSA) is 75.0 Å². The number of H-pyrrole nitrogens is 1. The molecule has 2 heterocycles. The van der Waals surface area contributed by atoms with Gasteiger partial charge in [-0.1, -0.05) is 36.4 Å². The van der Waals surface area contributed by atoms with Crippen molar-refractivity contribution in [3.05, 3.63) is 65.5 Å². The Labute approximate surface area is 169 Å². The summed E-state index contributed by atoms with van der Waals surface area (Å²) in [5.41, 5.74) is 10.5. The van der Waals surface area contributed by atoms with Crippen LogP contribution in [-0.4, -0.2) is 25.7 Å². The zero-order chi connectivity index (χ0) is 19.9. The molecule has 146 valence electrons. The molecule has 2 aromatic carbocycles. The summed E-state index contributed by atoms with van der Waals surface area (Å²) in [4.78, 5) is 20.2. The van der Waals surface area contributed by atoms with E-state index in [-0.39, 0.29) is 22.7 Å². The van der Waals surface area contributed by atoms with Crippen molar-refractivity contribution >= 4 is 28.9 Å². The van der Waals surface area contributed by atoms with E-state index < -0.39 is 0 Å². The highest BCUT2D eigenvalue weighted by Crippen LogP contribution is 2.45. The molecule has 1 aliphatic rings. The monoisotopic (exact) mass is 394 g/mol. The van der Waals surface area contributed by atoms with Crippen molar-refractivity contribution < 1.29 is 4.79 Å². The number of hydrogen-bond acceptors (Lipinski definition) is 4. The predicted molar refractivity (Wildman–Crippen MR) is 115 cm³/mol. The molecule has 0 bridgehead atoms. The number of rotatable bonds is 4. The van der Waals surface area contributed by atoms with E-state index in [1.165, 1.54) is 11.1 Å². The number of benzene rings is 2. The molecular formula is C22H26N4OS. The van der Waals surface area contributed by atoms with Gasteiger partial charge in [-0.25, -0.2) is 4.98 Å². The molecular weight excluding hydrogens is 368 g/mol. The van der Waals surface area contributed by atoms with Crippen molar-refractivity contribution in [3.63, 3.8) is 0 Å². The Balaban J connectivity index is 1.44. The number of para-hydroxylation sites is 2. The Bertz CT molecular complexity index is 957. The van der Waals surface area contributed by atoms with E-state index in [0.29, 0.717) is 12.8 Å². The van der Waals surface area contributed by atoms with E-state index in [0.717, 1.165) is 16.9 Å². The van der Waals surface area contributed by atoms with E-state index in [1.807, 2.05) is 28.6 Å². The first-order chi connectivity index (χ1) is 13.3. The number of nitrogens with one attached hydrogen (secondary N) is 1. The predicted octanol–water partition coefficient (Wildman–Crippen LogP) is 4.53. The second-order valence-electron chi connectivity index (χ2n) is 8.35. The fourth-order valence-electron chi connectivity index (χ4n) is 3.54. The van der Waals surface area contributed by atoms with Crippen LogP contribution in [-0.2, 0) is 11.2 Å². The molecule has 28 heavy (non-hydrogen) atoms. The van der Waals surface area contributed by atoms with Crippen molar-refractivity contribution in [2.75, 3.05) is 0 Å². The Hall–Kier alpha value is -2.31. The summed E-state index contributed by atoms with van der Waals surface area (Å²) in [5.74, 6) is 1.02. The van der Waals surface area contributed by atoms with Gasteiger partial charge in [0.2, 0.25) is 5.91 Å². The Kier molecular flexibility index (Phi) is 4.93. The van der Waals surface area contributed by atoms with E-state index in [4.69, 9.17) is 5.73 Å². The lowest BCUT2D eigenvalue weighted by Gasteiger charge is -2.30. The smallest absolute Gasteiger partial charge is 0.234 e. The molecule has 4 rings (SSSR count). The number of hydrogen-bond donors (Lipinski definition) is 2. The van der Waals surface area contributed by atoms with Crippen molar-refractivity contribution in [1.29, 1.82) is 0 Å². The van der Waals surface area contributed by atoms with Crippen LogP contribution in [0.5, 0.6) is 0 Å². The first-order valence-corrected chi connectivity index (χ1v) is 10.4. The Morgan fingerprint density at radius 3 is 2.57 bits per heavy atom. The van der Waals surface area contributed by atoms with Gasteiger partial charge in [0.25, 0.3) is 0 Å². The number of fused-ring (bicyclic) bond motifs is 1. The van der Waals surface area contributed by atoms with Gasteiger partial charge in [-0.3, -0.25) is 9.10 Å². The van der Waals surface area contributed by atoms with E-state index in [1.54, 1.807) is 11.9 Å². The van der Waals surface area contributed by atoms with Gasteiger partial charge < -0.3 is 10.7 Å². The van der Waals surface area contributed by atoms with Gasteiger partial charge in [0, 0.05) is 12.0 Å². The molecule has 0 radical (unpaired) electrons. The van der Waals surface area contributed by atoms with Crippen LogP contribution in [0.3, 0.4) is 0 Å². The number of amides is 1. The minimum atomic E-state index is -0.183. The van der Waals surface area contributed by atoms with Gasteiger partial charge in [0.15, 0.2) is 0 Å². The SMILES string of the molecule is CC(C)(C)N1SC(c2ccc(C[C@H](N)c3nc4ccccc4[nH]3)cc2)CC1=O. The van der Waals surface area contributed by atoms with Gasteiger partial charge in [0.1, 0.15) is 5.82 Å². The highest BCUT2D eigenvalue weighted by molar-refractivity contribution is 7.98. The standard InChI is InChI=1S/C22H26N4OS/c1-22(2,3)26-20(27)13-19(28-26)15-10-8-14(9-11-15)12-16(23)21-24-17-6-4-5-7-18(17)25-21/h4-11,16,19H,12-13,23H2,1-3H3,(H,24,25)/t16-,19?/m0/s1. The second kappa shape index (κ2) is 7.26. The third kappa shape index (κ3) is 3.80. The maximum atomic E-state index is 12.3. The lowest BCUT2D eigenvalue weighted by Crippen LogP contribution is -2.37. The molecule has 1 saturated heterocycles. The summed E-state index contributed by atoms with van der Waals surface area (Å²) in [6, 6.07) is 16.2. The van der Waals surface area contributed by atoms with Crippen LogP contribution in [0, 0.1) is 0 Å². The van der Waals surface area contributed by atoms with Gasteiger partial charge >= 0.3 is 0 Å². The largest absolute Gasteiger partial charge is 0.341 e. The van der Waals surface area contributed by atoms with Gasteiger partial charge in [0.05, 0.1) is 22.3 Å². The van der Waals surface area contributed by atoms with Gasteiger partial charge in [-0.2, -0.15) is 0 Å². The highest BCUT2D eigenvalue weighted by Gasteiger charge is 2.38. The Morgan fingerprint density at radius 1 is 1.21 bits per heavy atom. The minimum absolute atomic E-state index is 0.157. The summed E-state index contributed by atoms with van der Waals surface area (Å²) in [6.07, 6.45) is 1.27. The number of carbonyl (C=O) groups excluding carboxylic acids is 1. The van der Waals surface area contributed by atoms with Crippen molar-refractivity contribution in [3.8, 4) is 0 Å². The van der Waals surface area contributed by atoms with Crippen LogP contribution in [0.15, 0.2) is 48.5 Å². The molecule has 3 N–H and O–H groups in total. The number of nitrogens with two attached hydrogens (primary N) is 1. The summed E-state index contributed by atoms with van der Waals surface area (Å²) >= 11 is 1.64. The molecule has 1 aromatic heterocycles. The van der Waals surface area contributed by atoms with E-state index >= 15 is 0 Å². The molecule has 1 fully saturated rings. The van der Waals surface area contributed by atoms with Crippen LogP contribution >= 0.6 is 11.9 Å². The van der Waals surface area contributed by atoms with Crippen LogP contribution in [0.25, 0.3) is 11.0 Å². The Morgan fingerprint density at radius 2 is 1.93 bits per heavy atom. The lowest BCUT2D eigenvalue weighted by atomic mass is 10.0. The molecule has 0 saturated carbocycles. The zero-order valence-corrected chi connectivity index (χ0v) is 17.3. The third-order valence-corrected chi connectivity index (χ3v) is 6.65. The highest BCUT2D eigenvalue weighted by atomic mass is 32.2. The van der Waals surface area contributed by atoms with Gasteiger partial charge in [-0.05, 0) is 62.4 Å². The number of aromatic nitrogens is 2. The molecule has 2 atom stereocenters. The number of imidazole rings is 1. The van der Waals surface area contributed by atoms with Crippen molar-refractivity contribution in [1.82, 2.24) is 14.3 Å². The minimum Gasteiger partial charge on any atom is -0.341 e. The molecule has 3 aromatic rings. The maximum Gasteiger partial charge on any atom is 0.234 e. The molecule has 0 aliphatic carbocycles. The fraction of sp³-hybridized carbons (Fsp3) is 0.364. The molecule has 1 unspecified atom stereocenters. The summed E-state index contributed by atoms with van der Waals surface area (Å²) < 4.78 is 1.91. The van der Waals surface area contributed by atoms with Crippen LogP contribution in [0.4, 0.5) is 0 Å². The van der Waals surface area contributed by atoms with E-state index in [9.17, 15) is 4.79 Å². The third-order valence-electron chi connectivity index (χ3n) is 4.99. The molecule has 1 aliphatic heterocycles. The van der Waals surface area contributed by atoms with E-state index in [2.05, 4.69) is 55.0 Å². The first-order valence-electron chi connectivity index (χ1n) is 9.60. The first kappa shape index (κ1) is 19.0. The number of aromatic amines is 1. The summed E-state index contributed by atoms with van der Waals surface area (Å²) in [5, 5.41) is 0.185. The zero-order valence-electron chi connectivity index (χ0n) is 16.5. The molecule has 5 nitrogen and oxygen atoms in total. The average molecular weight is 395 g/mol. The average Bonchev–Trinajstić information content (AvgIpc) is 3.25.